The Balaban J connectivity index is 1.98. The molecule has 0 saturated carbocycles. The summed E-state index contributed by atoms with van der Waals surface area (Å²) in [7, 11) is 1.58. The normalized spacial score (nSPS) is 13.0. The lowest BCUT2D eigenvalue weighted by Crippen LogP contribution is -2.27. The van der Waals surface area contributed by atoms with E-state index >= 15 is 0 Å². The van der Waals surface area contributed by atoms with Crippen LogP contribution in [0.15, 0.2) is 30.5 Å². The quantitative estimate of drug-likeness (QED) is 0.315. The zero-order chi connectivity index (χ0) is 18.9. The van der Waals surface area contributed by atoms with Gasteiger partial charge in [-0.05, 0) is 43.0 Å². The maximum Gasteiger partial charge on any atom is 0.231 e. The average molecular weight is 362 g/mol. The lowest BCUT2D eigenvalue weighted by Gasteiger charge is -2.11. The number of aromatic hydroxyl groups is 1. The predicted octanol–water partition coefficient (Wildman–Crippen LogP) is 4.10. The molecule has 5 heteroatoms. The topological polar surface area (TPSA) is 52.0 Å². The van der Waals surface area contributed by atoms with E-state index in [1.165, 1.54) is 5.56 Å². The summed E-state index contributed by atoms with van der Waals surface area (Å²) in [5.41, 5.74) is 4.23. The summed E-state index contributed by atoms with van der Waals surface area (Å²) in [5, 5.41) is 14.7. The van der Waals surface area contributed by atoms with Gasteiger partial charge in [-0.15, -0.1) is 0 Å². The molecule has 136 valence electrons. The predicted molar refractivity (Wildman–Crippen MR) is 103 cm³/mol. The van der Waals surface area contributed by atoms with Crippen LogP contribution in [0, 0.1) is 20.8 Å². The fourth-order valence-corrected chi connectivity index (χ4v) is 4.08. The van der Waals surface area contributed by atoms with Crippen molar-refractivity contribution in [1.82, 2.24) is 0 Å². The number of nitrogens with zero attached hydrogens (tertiary/aromatic N) is 1. The lowest BCUT2D eigenvalue weighted by atomic mass is 10.00. The van der Waals surface area contributed by atoms with Crippen LogP contribution in [0.25, 0.3) is 27.1 Å². The summed E-state index contributed by atoms with van der Waals surface area (Å²) in [4.78, 5) is 0. The van der Waals surface area contributed by atoms with Gasteiger partial charge in [0.25, 0.3) is 0 Å². The molecule has 1 N–H and O–H groups in total. The third-order valence-electron chi connectivity index (χ3n) is 5.62. The molecule has 0 aliphatic carbocycles. The first kappa shape index (κ1) is 16.0. The Hall–Kier alpha value is -3.21. The Morgan fingerprint density at radius 3 is 2.37 bits per heavy atom. The second kappa shape index (κ2) is 5.39. The van der Waals surface area contributed by atoms with E-state index in [4.69, 9.17) is 14.2 Å². The van der Waals surface area contributed by atoms with Crippen molar-refractivity contribution in [2.24, 2.45) is 0 Å². The van der Waals surface area contributed by atoms with E-state index in [0.29, 0.717) is 5.75 Å². The number of aromatic nitrogens is 1. The smallest absolute Gasteiger partial charge is 0.231 e. The number of rotatable bonds is 1. The minimum absolute atomic E-state index is 0.171. The molecule has 2 aromatic carbocycles. The second-order valence-electron chi connectivity index (χ2n) is 7.07. The van der Waals surface area contributed by atoms with E-state index in [9.17, 15) is 5.11 Å². The van der Waals surface area contributed by atoms with E-state index in [1.807, 2.05) is 25.3 Å². The van der Waals surface area contributed by atoms with Crippen LogP contribution < -0.4 is 18.6 Å². The SMILES string of the molecule is COc1c(C)cc2cc3c4cc5c(cc4c(C)c(C)[n+]3cc2c1O)OCO5. The summed E-state index contributed by atoms with van der Waals surface area (Å²) in [6, 6.07) is 8.25. The first-order valence-corrected chi connectivity index (χ1v) is 8.88. The first-order chi connectivity index (χ1) is 13.0. The molecule has 1 aliphatic rings. The molecule has 0 fully saturated rings. The number of aryl methyl sites for hydroxylation is 3. The van der Waals surface area contributed by atoms with Gasteiger partial charge >= 0.3 is 0 Å². The number of pyridine rings is 2. The summed E-state index contributed by atoms with van der Waals surface area (Å²) < 4.78 is 18.7. The number of hydrogen-bond acceptors (Lipinski definition) is 4. The fourth-order valence-electron chi connectivity index (χ4n) is 4.08. The van der Waals surface area contributed by atoms with E-state index in [-0.39, 0.29) is 12.5 Å². The van der Waals surface area contributed by atoms with Gasteiger partial charge in [-0.25, -0.2) is 0 Å². The van der Waals surface area contributed by atoms with Crippen LogP contribution in [0.5, 0.6) is 23.0 Å². The first-order valence-electron chi connectivity index (χ1n) is 8.88. The van der Waals surface area contributed by atoms with Crippen LogP contribution >= 0.6 is 0 Å². The van der Waals surface area contributed by atoms with Gasteiger partial charge in [0, 0.05) is 23.9 Å². The molecule has 4 aromatic rings. The highest BCUT2D eigenvalue weighted by molar-refractivity contribution is 6.02. The van der Waals surface area contributed by atoms with Gasteiger partial charge in [-0.2, -0.15) is 4.40 Å². The maximum atomic E-state index is 10.7. The van der Waals surface area contributed by atoms with Crippen molar-refractivity contribution >= 4 is 27.1 Å². The van der Waals surface area contributed by atoms with E-state index in [0.717, 1.165) is 49.8 Å². The zero-order valence-corrected chi connectivity index (χ0v) is 15.7. The fraction of sp³-hybridized carbons (Fsp3) is 0.227. The Labute approximate surface area is 156 Å². The zero-order valence-electron chi connectivity index (χ0n) is 15.7. The molecule has 0 amide bonds. The van der Waals surface area contributed by atoms with Crippen molar-refractivity contribution in [3.63, 3.8) is 0 Å². The summed E-state index contributed by atoms with van der Waals surface area (Å²) in [6.45, 7) is 6.38. The number of fused-ring (bicyclic) bond motifs is 5. The Morgan fingerprint density at radius 2 is 1.67 bits per heavy atom. The van der Waals surface area contributed by atoms with E-state index in [1.54, 1.807) is 7.11 Å². The maximum absolute atomic E-state index is 10.7. The van der Waals surface area contributed by atoms with Gasteiger partial charge in [-0.3, -0.25) is 0 Å². The number of phenols is 1. The van der Waals surface area contributed by atoms with Gasteiger partial charge in [0.2, 0.25) is 12.3 Å². The summed E-state index contributed by atoms with van der Waals surface area (Å²) in [6.07, 6.45) is 1.98. The Bertz CT molecular complexity index is 1280. The number of ether oxygens (including phenoxy) is 3. The monoisotopic (exact) mass is 362 g/mol. The average Bonchev–Trinajstić information content (AvgIpc) is 3.12. The molecular formula is C22H20NO4+. The minimum Gasteiger partial charge on any atom is -0.504 e. The molecular weight excluding hydrogens is 342 g/mol. The number of phenolic OH excluding ortho intramolecular Hbond substituents is 1. The van der Waals surface area contributed by atoms with Crippen molar-refractivity contribution in [2.75, 3.05) is 13.9 Å². The molecule has 0 unspecified atom stereocenters. The van der Waals surface area contributed by atoms with Crippen LogP contribution in [0.3, 0.4) is 0 Å². The van der Waals surface area contributed by atoms with Crippen LogP contribution in [0.2, 0.25) is 0 Å². The third-order valence-corrected chi connectivity index (χ3v) is 5.62. The van der Waals surface area contributed by atoms with E-state index in [2.05, 4.69) is 30.4 Å². The van der Waals surface area contributed by atoms with Crippen LogP contribution in [0.4, 0.5) is 0 Å². The highest BCUT2D eigenvalue weighted by Gasteiger charge is 2.23. The number of hydrogen-bond donors (Lipinski definition) is 1. The molecule has 3 heterocycles. The van der Waals surface area contributed by atoms with E-state index < -0.39 is 0 Å². The summed E-state index contributed by atoms with van der Waals surface area (Å²) >= 11 is 0. The van der Waals surface area contributed by atoms with Crippen molar-refractivity contribution in [3.8, 4) is 23.0 Å². The van der Waals surface area contributed by atoms with Gasteiger partial charge in [0.15, 0.2) is 34.9 Å². The Morgan fingerprint density at radius 1 is 0.963 bits per heavy atom. The standard InChI is InChI=1S/C22H19NO4/c1-11-5-14-6-18-16-8-20-19(26-10-27-20)7-15(16)12(2)13(3)23(18)9-17(14)21(24)22(11)25-4/h5-9H,10H2,1-4H3/p+1. The van der Waals surface area contributed by atoms with Gasteiger partial charge in [-0.1, -0.05) is 0 Å². The van der Waals surface area contributed by atoms with Crippen LogP contribution in [-0.4, -0.2) is 19.0 Å². The molecule has 0 bridgehead atoms. The van der Waals surface area contributed by atoms with Gasteiger partial charge in [0.1, 0.15) is 0 Å². The molecule has 0 atom stereocenters. The third kappa shape index (κ3) is 2.08. The lowest BCUT2D eigenvalue weighted by molar-refractivity contribution is -0.517. The highest BCUT2D eigenvalue weighted by Crippen LogP contribution is 2.41. The number of benzene rings is 2. The Kier molecular flexibility index (Phi) is 3.20. The van der Waals surface area contributed by atoms with Crippen molar-refractivity contribution in [3.05, 3.63) is 47.3 Å². The molecule has 0 radical (unpaired) electrons. The molecule has 0 saturated heterocycles. The van der Waals surface area contributed by atoms with Crippen molar-refractivity contribution in [1.29, 1.82) is 0 Å². The van der Waals surface area contributed by atoms with Crippen LogP contribution in [-0.2, 0) is 0 Å². The second-order valence-corrected chi connectivity index (χ2v) is 7.07. The number of methoxy groups -OCH3 is 1. The highest BCUT2D eigenvalue weighted by atomic mass is 16.7. The molecule has 1 aliphatic heterocycles. The molecule has 5 rings (SSSR count). The molecule has 5 nitrogen and oxygen atoms in total. The van der Waals surface area contributed by atoms with Crippen molar-refractivity contribution < 1.29 is 23.7 Å². The van der Waals surface area contributed by atoms with Crippen LogP contribution in [0.1, 0.15) is 16.8 Å². The molecule has 0 spiro atoms. The molecule has 2 aromatic heterocycles. The van der Waals surface area contributed by atoms with Gasteiger partial charge in [0.05, 0.1) is 17.9 Å². The summed E-state index contributed by atoms with van der Waals surface area (Å²) in [5.74, 6) is 2.24. The van der Waals surface area contributed by atoms with Gasteiger partial charge < -0.3 is 19.3 Å². The largest absolute Gasteiger partial charge is 0.504 e. The molecule has 27 heavy (non-hydrogen) atoms. The van der Waals surface area contributed by atoms with Crippen molar-refractivity contribution in [2.45, 2.75) is 20.8 Å². The minimum atomic E-state index is 0.171.